The van der Waals surface area contributed by atoms with Crippen molar-refractivity contribution in [1.29, 1.82) is 0 Å². The largest absolute Gasteiger partial charge is 0.306 e. The highest BCUT2D eigenvalue weighted by Gasteiger charge is 2.09. The first-order valence-electron chi connectivity index (χ1n) is 6.09. The van der Waals surface area contributed by atoms with Gasteiger partial charge >= 0.3 is 0 Å². The van der Waals surface area contributed by atoms with Gasteiger partial charge in [-0.15, -0.1) is 0 Å². The van der Waals surface area contributed by atoms with E-state index in [0.717, 1.165) is 16.1 Å². The van der Waals surface area contributed by atoms with E-state index in [2.05, 4.69) is 21.2 Å². The minimum absolute atomic E-state index is 0.0901. The number of halogens is 4. The van der Waals surface area contributed by atoms with Crippen molar-refractivity contribution in [2.24, 2.45) is 0 Å². The molecule has 2 aromatic rings. The Morgan fingerprint density at radius 1 is 1.15 bits per heavy atom. The molecule has 0 radical (unpaired) electrons. The molecular formula is C15H13BrClF2N. The second kappa shape index (κ2) is 6.66. The normalized spacial score (nSPS) is 12.4. The molecule has 1 atom stereocenters. The van der Waals surface area contributed by atoms with Gasteiger partial charge in [0.15, 0.2) is 11.6 Å². The van der Waals surface area contributed by atoms with Gasteiger partial charge in [-0.25, -0.2) is 8.78 Å². The van der Waals surface area contributed by atoms with Crippen LogP contribution in [0.4, 0.5) is 8.78 Å². The molecule has 0 aliphatic heterocycles. The van der Waals surface area contributed by atoms with Crippen molar-refractivity contribution < 1.29 is 8.78 Å². The summed E-state index contributed by atoms with van der Waals surface area (Å²) < 4.78 is 27.0. The van der Waals surface area contributed by atoms with Gasteiger partial charge in [0, 0.05) is 22.1 Å². The van der Waals surface area contributed by atoms with E-state index in [4.69, 9.17) is 11.6 Å². The number of rotatable bonds is 4. The molecular weight excluding hydrogens is 348 g/mol. The molecule has 20 heavy (non-hydrogen) atoms. The number of benzene rings is 2. The van der Waals surface area contributed by atoms with Crippen molar-refractivity contribution in [2.75, 3.05) is 0 Å². The molecule has 1 N–H and O–H groups in total. The highest BCUT2D eigenvalue weighted by Crippen LogP contribution is 2.23. The molecule has 106 valence electrons. The first-order chi connectivity index (χ1) is 9.47. The monoisotopic (exact) mass is 359 g/mol. The lowest BCUT2D eigenvalue weighted by Crippen LogP contribution is -2.18. The average Bonchev–Trinajstić information content (AvgIpc) is 2.40. The summed E-state index contributed by atoms with van der Waals surface area (Å²) in [6.45, 7) is 2.49. The van der Waals surface area contributed by atoms with Crippen LogP contribution in [0.5, 0.6) is 0 Å². The minimum Gasteiger partial charge on any atom is -0.306 e. The molecule has 0 saturated heterocycles. The summed E-state index contributed by atoms with van der Waals surface area (Å²) in [6.07, 6.45) is 0. The Balaban J connectivity index is 2.04. The lowest BCUT2D eigenvalue weighted by molar-refractivity contribution is 0.500. The highest BCUT2D eigenvalue weighted by molar-refractivity contribution is 9.10. The zero-order valence-corrected chi connectivity index (χ0v) is 13.1. The van der Waals surface area contributed by atoms with Crippen LogP contribution in [0.15, 0.2) is 40.9 Å². The number of nitrogens with one attached hydrogen (secondary N) is 1. The highest BCUT2D eigenvalue weighted by atomic mass is 79.9. The summed E-state index contributed by atoms with van der Waals surface area (Å²) >= 11 is 9.32. The van der Waals surface area contributed by atoms with Crippen LogP contribution in [0.2, 0.25) is 5.02 Å². The van der Waals surface area contributed by atoms with Crippen LogP contribution >= 0.6 is 27.5 Å². The van der Waals surface area contributed by atoms with Crippen LogP contribution in [0, 0.1) is 11.6 Å². The molecule has 0 aliphatic carbocycles. The van der Waals surface area contributed by atoms with Gasteiger partial charge < -0.3 is 5.32 Å². The number of hydrogen-bond acceptors (Lipinski definition) is 1. The van der Waals surface area contributed by atoms with Gasteiger partial charge in [-0.2, -0.15) is 0 Å². The third-order valence-electron chi connectivity index (χ3n) is 3.06. The van der Waals surface area contributed by atoms with Crippen molar-refractivity contribution in [1.82, 2.24) is 5.32 Å². The van der Waals surface area contributed by atoms with Gasteiger partial charge in [-0.3, -0.25) is 0 Å². The summed E-state index contributed by atoms with van der Waals surface area (Å²) in [5, 5.41) is 3.92. The average molecular weight is 361 g/mol. The molecule has 0 aromatic heterocycles. The van der Waals surface area contributed by atoms with E-state index < -0.39 is 11.6 Å². The van der Waals surface area contributed by atoms with Crippen LogP contribution in [0.1, 0.15) is 24.1 Å². The lowest BCUT2D eigenvalue weighted by Gasteiger charge is -2.15. The maximum Gasteiger partial charge on any atom is 0.159 e. The van der Waals surface area contributed by atoms with Gasteiger partial charge in [-0.05, 0) is 42.3 Å². The van der Waals surface area contributed by atoms with Gasteiger partial charge in [0.25, 0.3) is 0 Å². The molecule has 0 saturated carbocycles. The van der Waals surface area contributed by atoms with Crippen LogP contribution in [-0.4, -0.2) is 0 Å². The third-order valence-corrected chi connectivity index (χ3v) is 4.03. The fourth-order valence-corrected chi connectivity index (χ4v) is 2.65. The molecule has 2 aromatic carbocycles. The Morgan fingerprint density at radius 2 is 1.90 bits per heavy atom. The Kier molecular flexibility index (Phi) is 5.13. The number of hydrogen-bond donors (Lipinski definition) is 1. The van der Waals surface area contributed by atoms with E-state index >= 15 is 0 Å². The predicted octanol–water partition coefficient (Wildman–Crippen LogP) is 5.23. The zero-order chi connectivity index (χ0) is 14.7. The van der Waals surface area contributed by atoms with E-state index in [1.807, 2.05) is 25.1 Å². The van der Waals surface area contributed by atoms with Gasteiger partial charge in [0.1, 0.15) is 0 Å². The molecule has 0 heterocycles. The molecule has 0 spiro atoms. The molecule has 0 bridgehead atoms. The maximum absolute atomic E-state index is 13.2. The first kappa shape index (κ1) is 15.4. The predicted molar refractivity (Wildman–Crippen MR) is 80.8 cm³/mol. The fourth-order valence-electron chi connectivity index (χ4n) is 1.83. The second-order valence-corrected chi connectivity index (χ2v) is 5.80. The van der Waals surface area contributed by atoms with Crippen LogP contribution in [0.3, 0.4) is 0 Å². The van der Waals surface area contributed by atoms with Crippen LogP contribution in [-0.2, 0) is 6.54 Å². The Labute approximate surface area is 130 Å². The van der Waals surface area contributed by atoms with E-state index in [1.54, 1.807) is 6.07 Å². The van der Waals surface area contributed by atoms with Crippen molar-refractivity contribution >= 4 is 27.5 Å². The van der Waals surface area contributed by atoms with Gasteiger partial charge in [0.2, 0.25) is 0 Å². The smallest absolute Gasteiger partial charge is 0.159 e. The Morgan fingerprint density at radius 3 is 2.55 bits per heavy atom. The summed E-state index contributed by atoms with van der Waals surface area (Å²) in [5.74, 6) is -1.66. The maximum atomic E-state index is 13.2. The van der Waals surface area contributed by atoms with Gasteiger partial charge in [-0.1, -0.05) is 39.7 Å². The van der Waals surface area contributed by atoms with E-state index in [0.29, 0.717) is 17.1 Å². The van der Waals surface area contributed by atoms with Crippen molar-refractivity contribution in [3.63, 3.8) is 0 Å². The van der Waals surface area contributed by atoms with E-state index in [9.17, 15) is 8.78 Å². The quantitative estimate of drug-likeness (QED) is 0.787. The standard InChI is InChI=1S/C15H13BrClF2N/c1-9(10-3-5-14(18)15(19)6-10)20-8-11-2-4-12(17)7-13(11)16/h2-7,9,20H,8H2,1H3. The molecule has 1 nitrogen and oxygen atoms in total. The molecule has 0 fully saturated rings. The molecule has 1 unspecified atom stereocenters. The zero-order valence-electron chi connectivity index (χ0n) is 10.8. The molecule has 0 aliphatic rings. The first-order valence-corrected chi connectivity index (χ1v) is 7.26. The minimum atomic E-state index is -0.832. The topological polar surface area (TPSA) is 12.0 Å². The van der Waals surface area contributed by atoms with Gasteiger partial charge in [0.05, 0.1) is 0 Å². The van der Waals surface area contributed by atoms with Crippen LogP contribution < -0.4 is 5.32 Å². The van der Waals surface area contributed by atoms with E-state index in [-0.39, 0.29) is 6.04 Å². The third kappa shape index (κ3) is 3.78. The Hall–Kier alpha value is -0.970. The second-order valence-electron chi connectivity index (χ2n) is 4.51. The molecule has 0 amide bonds. The summed E-state index contributed by atoms with van der Waals surface area (Å²) in [6, 6.07) is 9.38. The SMILES string of the molecule is CC(NCc1ccc(Cl)cc1Br)c1ccc(F)c(F)c1. The van der Waals surface area contributed by atoms with Crippen LogP contribution in [0.25, 0.3) is 0 Å². The summed E-state index contributed by atoms with van der Waals surface area (Å²) in [7, 11) is 0. The van der Waals surface area contributed by atoms with Crippen molar-refractivity contribution in [2.45, 2.75) is 19.5 Å². The van der Waals surface area contributed by atoms with Crippen molar-refractivity contribution in [3.05, 3.63) is 68.7 Å². The molecule has 2 rings (SSSR count). The molecule has 5 heteroatoms. The summed E-state index contributed by atoms with van der Waals surface area (Å²) in [5.41, 5.74) is 1.75. The van der Waals surface area contributed by atoms with Crippen molar-refractivity contribution in [3.8, 4) is 0 Å². The van der Waals surface area contributed by atoms with E-state index in [1.165, 1.54) is 6.07 Å². The summed E-state index contributed by atoms with van der Waals surface area (Å²) in [4.78, 5) is 0. The fraction of sp³-hybridized carbons (Fsp3) is 0.200. The Bertz CT molecular complexity index is 619. The lowest BCUT2D eigenvalue weighted by atomic mass is 10.1.